The van der Waals surface area contributed by atoms with Crippen LogP contribution in [0.5, 0.6) is 0 Å². The number of pyridine rings is 1. The van der Waals surface area contributed by atoms with E-state index in [1.165, 1.54) is 6.20 Å². The molecule has 1 heterocycles. The summed E-state index contributed by atoms with van der Waals surface area (Å²) in [6.07, 6.45) is 3.35. The third kappa shape index (κ3) is 3.39. The predicted octanol–water partition coefficient (Wildman–Crippen LogP) is 3.04. The molecule has 0 fully saturated rings. The Labute approximate surface area is 99.0 Å². The molecule has 5 heteroatoms. The van der Waals surface area contributed by atoms with Crippen molar-refractivity contribution in [1.29, 1.82) is 0 Å². The summed E-state index contributed by atoms with van der Waals surface area (Å²) in [5.41, 5.74) is 0.477. The third-order valence-electron chi connectivity index (χ3n) is 1.81. The van der Waals surface area contributed by atoms with Crippen molar-refractivity contribution >= 4 is 35.7 Å². The maximum Gasteiger partial charge on any atom is 0.151 e. The summed E-state index contributed by atoms with van der Waals surface area (Å²) < 4.78 is 1.94. The van der Waals surface area contributed by atoms with Gasteiger partial charge in [0.15, 0.2) is 6.29 Å². The van der Waals surface area contributed by atoms with Gasteiger partial charge in [-0.3, -0.25) is 4.79 Å². The minimum atomic E-state index is 0.391. The highest BCUT2D eigenvalue weighted by molar-refractivity contribution is 8.00. The molecule has 0 bridgehead atoms. The van der Waals surface area contributed by atoms with E-state index in [1.54, 1.807) is 18.0 Å². The lowest BCUT2D eigenvalue weighted by atomic mass is 10.3. The van der Waals surface area contributed by atoms with Crippen LogP contribution in [0.3, 0.4) is 0 Å². The lowest BCUT2D eigenvalue weighted by molar-refractivity contribution is 0.112. The number of nitrogens with zero attached hydrogens (tertiary/aromatic N) is 2. The fourth-order valence-corrected chi connectivity index (χ4v) is 1.84. The van der Waals surface area contributed by atoms with E-state index in [4.69, 9.17) is 11.6 Å². The summed E-state index contributed by atoms with van der Waals surface area (Å²) in [5, 5.41) is 0.391. The molecule has 0 aromatic carbocycles. The molecule has 0 radical (unpaired) electrons. The first-order valence-corrected chi connectivity index (χ1v) is 5.98. The molecule has 0 amide bonds. The van der Waals surface area contributed by atoms with Crippen molar-refractivity contribution in [3.8, 4) is 0 Å². The highest BCUT2D eigenvalue weighted by Gasteiger charge is 2.06. The molecule has 0 aliphatic carbocycles. The molecule has 0 atom stereocenters. The molecular formula is C10H13ClN2OS. The first kappa shape index (κ1) is 12.3. The van der Waals surface area contributed by atoms with Crippen molar-refractivity contribution in [3.63, 3.8) is 0 Å². The average Bonchev–Trinajstić information content (AvgIpc) is 2.26. The van der Waals surface area contributed by atoms with Crippen molar-refractivity contribution in [1.82, 2.24) is 4.98 Å². The second-order valence-corrected chi connectivity index (χ2v) is 4.63. The zero-order valence-corrected chi connectivity index (χ0v) is 10.3. The van der Waals surface area contributed by atoms with Crippen molar-refractivity contribution in [2.45, 2.75) is 13.3 Å². The van der Waals surface area contributed by atoms with Crippen molar-refractivity contribution < 1.29 is 4.79 Å². The number of carbonyl (C=O) groups excluding carboxylic acids is 1. The molecule has 0 spiro atoms. The molecule has 1 aromatic rings. The van der Waals surface area contributed by atoms with Gasteiger partial charge in [-0.15, -0.1) is 0 Å². The van der Waals surface area contributed by atoms with Gasteiger partial charge in [0.1, 0.15) is 5.82 Å². The summed E-state index contributed by atoms with van der Waals surface area (Å²) >= 11 is 7.45. The molecule has 1 rings (SSSR count). The summed E-state index contributed by atoms with van der Waals surface area (Å²) in [7, 11) is 1.92. The van der Waals surface area contributed by atoms with E-state index in [0.29, 0.717) is 10.6 Å². The van der Waals surface area contributed by atoms with Gasteiger partial charge in [0.25, 0.3) is 0 Å². The number of aromatic nitrogens is 1. The highest BCUT2D eigenvalue weighted by Crippen LogP contribution is 2.22. The summed E-state index contributed by atoms with van der Waals surface area (Å²) in [4.78, 5) is 14.8. The van der Waals surface area contributed by atoms with Crippen LogP contribution in [0.25, 0.3) is 0 Å². The molecule has 0 aliphatic rings. The molecule has 0 saturated carbocycles. The van der Waals surface area contributed by atoms with Gasteiger partial charge in [0.05, 0.1) is 5.02 Å². The van der Waals surface area contributed by atoms with Gasteiger partial charge in [0.2, 0.25) is 0 Å². The number of hydrogen-bond acceptors (Lipinski definition) is 4. The summed E-state index contributed by atoms with van der Waals surface area (Å²) in [6, 6.07) is 1.69. The molecule has 1 aromatic heterocycles. The molecule has 15 heavy (non-hydrogen) atoms. The zero-order valence-electron chi connectivity index (χ0n) is 8.74. The normalized spacial score (nSPS) is 10.1. The number of carbonyl (C=O) groups is 1. The first-order valence-electron chi connectivity index (χ1n) is 4.66. The van der Waals surface area contributed by atoms with Gasteiger partial charge in [-0.1, -0.05) is 18.5 Å². The van der Waals surface area contributed by atoms with Crippen LogP contribution in [0.1, 0.15) is 23.7 Å². The monoisotopic (exact) mass is 244 g/mol. The van der Waals surface area contributed by atoms with Gasteiger partial charge >= 0.3 is 0 Å². The molecule has 3 nitrogen and oxygen atoms in total. The molecule has 0 N–H and O–H groups in total. The van der Waals surface area contributed by atoms with Crippen molar-refractivity contribution in [3.05, 3.63) is 22.8 Å². The second-order valence-electron chi connectivity index (χ2n) is 3.01. The SMILES string of the molecule is CCCSN(C)c1cc(C=O)c(Cl)cn1. The van der Waals surface area contributed by atoms with E-state index < -0.39 is 0 Å². The van der Waals surface area contributed by atoms with E-state index in [9.17, 15) is 4.79 Å². The van der Waals surface area contributed by atoms with Gasteiger partial charge in [0, 0.05) is 24.6 Å². The van der Waals surface area contributed by atoms with Crippen LogP contribution >= 0.6 is 23.5 Å². The van der Waals surface area contributed by atoms with Crippen LogP contribution in [-0.4, -0.2) is 24.1 Å². The van der Waals surface area contributed by atoms with E-state index in [2.05, 4.69) is 11.9 Å². The van der Waals surface area contributed by atoms with Crippen molar-refractivity contribution in [2.24, 2.45) is 0 Å². The Balaban J connectivity index is 2.80. The molecule has 0 saturated heterocycles. The lowest BCUT2D eigenvalue weighted by Crippen LogP contribution is -2.09. The molecule has 0 unspecified atom stereocenters. The minimum Gasteiger partial charge on any atom is -0.304 e. The fourth-order valence-electron chi connectivity index (χ4n) is 1.000. The highest BCUT2D eigenvalue weighted by atomic mass is 35.5. The maximum atomic E-state index is 10.7. The summed E-state index contributed by atoms with van der Waals surface area (Å²) in [5.74, 6) is 1.77. The van der Waals surface area contributed by atoms with Crippen LogP contribution in [-0.2, 0) is 0 Å². The van der Waals surface area contributed by atoms with E-state index in [0.717, 1.165) is 24.3 Å². The fraction of sp³-hybridized carbons (Fsp3) is 0.400. The Morgan fingerprint density at radius 3 is 3.00 bits per heavy atom. The Morgan fingerprint density at radius 1 is 1.67 bits per heavy atom. The minimum absolute atomic E-state index is 0.391. The van der Waals surface area contributed by atoms with Crippen LogP contribution in [0.4, 0.5) is 5.82 Å². The molecular weight excluding hydrogens is 232 g/mol. The summed E-state index contributed by atoms with van der Waals surface area (Å²) in [6.45, 7) is 2.12. The quantitative estimate of drug-likeness (QED) is 0.589. The molecule has 0 aliphatic heterocycles. The number of rotatable bonds is 5. The second kappa shape index (κ2) is 5.98. The van der Waals surface area contributed by atoms with Crippen LogP contribution in [0.15, 0.2) is 12.3 Å². The zero-order chi connectivity index (χ0) is 11.3. The topological polar surface area (TPSA) is 33.2 Å². The van der Waals surface area contributed by atoms with Gasteiger partial charge in [-0.25, -0.2) is 4.98 Å². The first-order chi connectivity index (χ1) is 7.19. The number of halogens is 1. The van der Waals surface area contributed by atoms with Gasteiger partial charge < -0.3 is 4.31 Å². The van der Waals surface area contributed by atoms with Crippen LogP contribution < -0.4 is 4.31 Å². The smallest absolute Gasteiger partial charge is 0.151 e. The van der Waals surface area contributed by atoms with Crippen LogP contribution in [0, 0.1) is 0 Å². The van der Waals surface area contributed by atoms with E-state index in [-0.39, 0.29) is 0 Å². The average molecular weight is 245 g/mol. The Kier molecular flexibility index (Phi) is 4.91. The Morgan fingerprint density at radius 2 is 2.40 bits per heavy atom. The molecule has 82 valence electrons. The van der Waals surface area contributed by atoms with E-state index >= 15 is 0 Å². The predicted molar refractivity (Wildman–Crippen MR) is 65.8 cm³/mol. The largest absolute Gasteiger partial charge is 0.304 e. The third-order valence-corrected chi connectivity index (χ3v) is 3.29. The maximum absolute atomic E-state index is 10.7. The van der Waals surface area contributed by atoms with Gasteiger partial charge in [-0.2, -0.15) is 0 Å². The Bertz CT molecular complexity index is 346. The number of anilines is 1. The van der Waals surface area contributed by atoms with Crippen LogP contribution in [0.2, 0.25) is 5.02 Å². The van der Waals surface area contributed by atoms with Crippen molar-refractivity contribution in [2.75, 3.05) is 17.1 Å². The van der Waals surface area contributed by atoms with E-state index in [1.807, 2.05) is 11.4 Å². The number of hydrogen-bond donors (Lipinski definition) is 0. The lowest BCUT2D eigenvalue weighted by Gasteiger charge is -2.16. The Hall–Kier alpha value is -0.740. The van der Waals surface area contributed by atoms with Gasteiger partial charge in [-0.05, 0) is 24.4 Å². The standard InChI is InChI=1S/C10H13ClN2OS/c1-3-4-15-13(2)10-5-8(7-14)9(11)6-12-10/h5-7H,3-4H2,1-2H3. The number of aldehydes is 1.